The van der Waals surface area contributed by atoms with Crippen molar-refractivity contribution in [1.82, 2.24) is 15.5 Å². The number of H-pyrrole nitrogens is 1. The van der Waals surface area contributed by atoms with Gasteiger partial charge in [-0.1, -0.05) is 11.6 Å². The summed E-state index contributed by atoms with van der Waals surface area (Å²) in [5.41, 5.74) is -2.88. The smallest absolute Gasteiger partial charge is 0.417 e. The molecular formula is C14H16ClF3N4O4. The Balaban J connectivity index is 1.48. The summed E-state index contributed by atoms with van der Waals surface area (Å²) < 4.78 is 42.5. The lowest BCUT2D eigenvalue weighted by Crippen LogP contribution is -2.59. The monoisotopic (exact) mass is 396 g/mol. The first-order valence-corrected chi connectivity index (χ1v) is 8.21. The largest absolute Gasteiger partial charge is 0.446 e. The average molecular weight is 397 g/mol. The third-order valence-electron chi connectivity index (χ3n) is 4.56. The quantitative estimate of drug-likeness (QED) is 0.708. The van der Waals surface area contributed by atoms with Crippen LogP contribution in [-0.4, -0.2) is 58.4 Å². The molecule has 8 nitrogen and oxygen atoms in total. The lowest BCUT2D eigenvalue weighted by Gasteiger charge is -2.43. The summed E-state index contributed by atoms with van der Waals surface area (Å²) in [6.45, 7) is 0.851. The van der Waals surface area contributed by atoms with Crippen molar-refractivity contribution < 1.29 is 27.8 Å². The first-order valence-electron chi connectivity index (χ1n) is 7.83. The molecule has 1 saturated heterocycles. The number of alkyl carbamates (subject to hydrolysis) is 1. The lowest BCUT2D eigenvalue weighted by molar-refractivity contribution is -0.305. The molecule has 3 N–H and O–H groups in total. The summed E-state index contributed by atoms with van der Waals surface area (Å²) in [6.07, 6.45) is -5.97. The zero-order valence-electron chi connectivity index (χ0n) is 13.3. The van der Waals surface area contributed by atoms with E-state index in [1.807, 2.05) is 0 Å². The number of carbonyl (C=O) groups excluding carboxylic acids is 1. The van der Waals surface area contributed by atoms with E-state index in [2.05, 4.69) is 15.5 Å². The van der Waals surface area contributed by atoms with Crippen LogP contribution in [0.3, 0.4) is 0 Å². The highest BCUT2D eigenvalue weighted by atomic mass is 35.5. The number of hydrogen-bond acceptors (Lipinski definition) is 6. The number of carbonyl (C=O) groups is 1. The van der Waals surface area contributed by atoms with Crippen LogP contribution in [0.25, 0.3) is 0 Å². The summed E-state index contributed by atoms with van der Waals surface area (Å²) in [7, 11) is 0. The van der Waals surface area contributed by atoms with Gasteiger partial charge in [-0.05, 0) is 6.42 Å². The Kier molecular flexibility index (Phi) is 4.78. The van der Waals surface area contributed by atoms with Gasteiger partial charge < -0.3 is 20.1 Å². The molecule has 2 aliphatic rings. The SMILES string of the molecule is O=C(N[C@@H]1CCN(c2cn[nH]c(=O)c2Cl)C1)OC1CC(O)(C(F)(F)F)C1. The van der Waals surface area contributed by atoms with E-state index >= 15 is 0 Å². The zero-order chi connectivity index (χ0) is 19.1. The summed E-state index contributed by atoms with van der Waals surface area (Å²) in [5.74, 6) is 0. The Bertz CT molecular complexity index is 750. The van der Waals surface area contributed by atoms with Crippen LogP contribution in [0.2, 0.25) is 5.02 Å². The van der Waals surface area contributed by atoms with Crippen molar-refractivity contribution in [3.8, 4) is 0 Å². The van der Waals surface area contributed by atoms with Crippen LogP contribution < -0.4 is 15.8 Å². The van der Waals surface area contributed by atoms with Gasteiger partial charge in [0.25, 0.3) is 5.56 Å². The van der Waals surface area contributed by atoms with Gasteiger partial charge >= 0.3 is 12.3 Å². The highest BCUT2D eigenvalue weighted by Crippen LogP contribution is 2.46. The van der Waals surface area contributed by atoms with Gasteiger partial charge in [-0.15, -0.1) is 0 Å². The van der Waals surface area contributed by atoms with Gasteiger partial charge in [-0.2, -0.15) is 18.3 Å². The lowest BCUT2D eigenvalue weighted by atomic mass is 9.77. The Hall–Kier alpha value is -2.01. The van der Waals surface area contributed by atoms with E-state index in [-0.39, 0.29) is 11.1 Å². The van der Waals surface area contributed by atoms with E-state index in [1.165, 1.54) is 6.20 Å². The Labute approximate surface area is 150 Å². The van der Waals surface area contributed by atoms with Gasteiger partial charge in [0.2, 0.25) is 0 Å². The first-order chi connectivity index (χ1) is 12.1. The Morgan fingerprint density at radius 3 is 2.85 bits per heavy atom. The van der Waals surface area contributed by atoms with Gasteiger partial charge in [0.1, 0.15) is 11.1 Å². The van der Waals surface area contributed by atoms with Gasteiger partial charge in [-0.3, -0.25) is 4.79 Å². The van der Waals surface area contributed by atoms with E-state index in [4.69, 9.17) is 16.3 Å². The van der Waals surface area contributed by atoms with Crippen molar-refractivity contribution in [1.29, 1.82) is 0 Å². The van der Waals surface area contributed by atoms with Gasteiger partial charge in [-0.25, -0.2) is 9.89 Å². The van der Waals surface area contributed by atoms with Gasteiger partial charge in [0.15, 0.2) is 5.60 Å². The molecule has 1 atom stereocenters. The normalized spacial score (nSPS) is 28.6. The van der Waals surface area contributed by atoms with E-state index in [0.29, 0.717) is 25.2 Å². The predicted octanol–water partition coefficient (Wildman–Crippen LogP) is 1.18. The molecule has 0 bridgehead atoms. The standard InChI is InChI=1S/C14H16ClF3N4O4/c15-10-9(5-19-21-11(10)23)22-2-1-7(6-22)20-12(24)26-8-3-13(25,4-8)14(16,17)18/h5,7-8,25H,1-4,6H2,(H,20,24)(H,21,23)/t7-,8?,13?/m1/s1. The number of alkyl halides is 3. The molecule has 144 valence electrons. The highest BCUT2D eigenvalue weighted by molar-refractivity contribution is 6.33. The molecular weight excluding hydrogens is 381 g/mol. The van der Waals surface area contributed by atoms with E-state index in [0.717, 1.165) is 0 Å². The van der Waals surface area contributed by atoms with Crippen LogP contribution >= 0.6 is 11.6 Å². The number of aromatic amines is 1. The van der Waals surface area contributed by atoms with Crippen LogP contribution in [-0.2, 0) is 4.74 Å². The molecule has 0 unspecified atom stereocenters. The minimum Gasteiger partial charge on any atom is -0.446 e. The number of nitrogens with one attached hydrogen (secondary N) is 2. The topological polar surface area (TPSA) is 108 Å². The molecule has 1 aromatic rings. The number of aliphatic hydroxyl groups is 1. The number of aromatic nitrogens is 2. The van der Waals surface area contributed by atoms with Crippen molar-refractivity contribution in [2.24, 2.45) is 0 Å². The average Bonchev–Trinajstić information content (AvgIpc) is 2.95. The maximum atomic E-state index is 12.5. The molecule has 1 aromatic heterocycles. The number of hydrogen-bond donors (Lipinski definition) is 3. The number of nitrogens with zero attached hydrogens (tertiary/aromatic N) is 2. The number of rotatable bonds is 3. The number of halogens is 4. The fourth-order valence-corrected chi connectivity index (χ4v) is 3.26. The van der Waals surface area contributed by atoms with Crippen LogP contribution in [0, 0.1) is 0 Å². The maximum absolute atomic E-state index is 12.5. The van der Waals surface area contributed by atoms with E-state index < -0.39 is 42.4 Å². The molecule has 1 amide bonds. The zero-order valence-corrected chi connectivity index (χ0v) is 14.1. The fourth-order valence-electron chi connectivity index (χ4n) is 3.05. The molecule has 0 aromatic carbocycles. The molecule has 12 heteroatoms. The van der Waals surface area contributed by atoms with Crippen molar-refractivity contribution in [2.75, 3.05) is 18.0 Å². The summed E-state index contributed by atoms with van der Waals surface area (Å²) in [6, 6.07) is -0.320. The van der Waals surface area contributed by atoms with Crippen molar-refractivity contribution in [3.63, 3.8) is 0 Å². The second-order valence-electron chi connectivity index (χ2n) is 6.44. The van der Waals surface area contributed by atoms with Crippen LogP contribution in [0.1, 0.15) is 19.3 Å². The summed E-state index contributed by atoms with van der Waals surface area (Å²) in [4.78, 5) is 25.1. The van der Waals surface area contributed by atoms with Crippen molar-refractivity contribution in [3.05, 3.63) is 21.6 Å². The second kappa shape index (κ2) is 6.62. The highest BCUT2D eigenvalue weighted by Gasteiger charge is 2.62. The molecule has 0 radical (unpaired) electrons. The molecule has 1 saturated carbocycles. The van der Waals surface area contributed by atoms with Crippen LogP contribution in [0.5, 0.6) is 0 Å². The first kappa shape index (κ1) is 18.8. The van der Waals surface area contributed by atoms with Crippen molar-refractivity contribution >= 4 is 23.4 Å². The summed E-state index contributed by atoms with van der Waals surface area (Å²) >= 11 is 5.93. The number of ether oxygens (including phenoxy) is 1. The molecule has 26 heavy (non-hydrogen) atoms. The molecule has 2 heterocycles. The van der Waals surface area contributed by atoms with Gasteiger partial charge in [0, 0.05) is 25.9 Å². The van der Waals surface area contributed by atoms with Gasteiger partial charge in [0.05, 0.1) is 17.9 Å². The molecule has 3 rings (SSSR count). The summed E-state index contributed by atoms with van der Waals surface area (Å²) in [5, 5.41) is 17.8. The van der Waals surface area contributed by atoms with E-state index in [9.17, 15) is 27.9 Å². The van der Waals surface area contributed by atoms with Crippen molar-refractivity contribution in [2.45, 2.75) is 43.2 Å². The number of anilines is 1. The Morgan fingerprint density at radius 2 is 2.19 bits per heavy atom. The molecule has 1 aliphatic carbocycles. The maximum Gasteiger partial charge on any atom is 0.417 e. The fraction of sp³-hybridized carbons (Fsp3) is 0.643. The van der Waals surface area contributed by atoms with Crippen LogP contribution in [0.15, 0.2) is 11.0 Å². The minimum atomic E-state index is -4.74. The number of amides is 1. The van der Waals surface area contributed by atoms with Crippen LogP contribution in [0.4, 0.5) is 23.7 Å². The second-order valence-corrected chi connectivity index (χ2v) is 6.82. The molecule has 2 fully saturated rings. The molecule has 0 spiro atoms. The third kappa shape index (κ3) is 3.58. The van der Waals surface area contributed by atoms with E-state index in [1.54, 1.807) is 4.90 Å². The third-order valence-corrected chi connectivity index (χ3v) is 4.93. The molecule has 1 aliphatic heterocycles. The minimum absolute atomic E-state index is 0.0101. The Morgan fingerprint density at radius 1 is 1.50 bits per heavy atom. The predicted molar refractivity (Wildman–Crippen MR) is 84.1 cm³/mol.